The van der Waals surface area contributed by atoms with E-state index in [1.165, 1.54) is 0 Å². The number of carbonyl (C=O) groups is 1. The molecule has 0 bridgehead atoms. The van der Waals surface area contributed by atoms with Crippen LogP contribution in [0.5, 0.6) is 0 Å². The Morgan fingerprint density at radius 3 is 2.84 bits per heavy atom. The molecule has 2 N–H and O–H groups in total. The number of hydrogen-bond acceptors (Lipinski definition) is 4. The number of carbonyl (C=O) groups excluding carboxylic acids is 1. The van der Waals surface area contributed by atoms with Crippen molar-refractivity contribution < 1.29 is 14.3 Å². The molecule has 0 radical (unpaired) electrons. The number of amides is 2. The van der Waals surface area contributed by atoms with Gasteiger partial charge in [-0.2, -0.15) is 0 Å². The number of nitrogens with one attached hydrogen (secondary N) is 2. The first kappa shape index (κ1) is 13.8. The Hall–Kier alpha value is -1.66. The van der Waals surface area contributed by atoms with Gasteiger partial charge in [-0.3, -0.25) is 4.98 Å². The van der Waals surface area contributed by atoms with E-state index in [0.717, 1.165) is 6.42 Å². The van der Waals surface area contributed by atoms with Gasteiger partial charge in [0.2, 0.25) is 0 Å². The summed E-state index contributed by atoms with van der Waals surface area (Å²) in [7, 11) is 1.63. The Morgan fingerprint density at radius 2 is 2.21 bits per heavy atom. The molecular weight excluding hydrogens is 246 g/mol. The number of hydrogen-bond donors (Lipinski definition) is 2. The molecule has 1 aliphatic carbocycles. The summed E-state index contributed by atoms with van der Waals surface area (Å²) in [6.07, 6.45) is 4.02. The number of aromatic nitrogens is 1. The lowest BCUT2D eigenvalue weighted by molar-refractivity contribution is -0.128. The number of methoxy groups -OCH3 is 1. The Labute approximate surface area is 112 Å². The van der Waals surface area contributed by atoms with Crippen molar-refractivity contribution in [1.29, 1.82) is 0 Å². The molecule has 104 valence electrons. The van der Waals surface area contributed by atoms with E-state index in [2.05, 4.69) is 15.6 Å². The zero-order chi connectivity index (χ0) is 13.7. The quantitative estimate of drug-likeness (QED) is 0.844. The average molecular weight is 265 g/mol. The van der Waals surface area contributed by atoms with Crippen LogP contribution in [0.4, 0.5) is 10.5 Å². The highest BCUT2D eigenvalue weighted by atomic mass is 16.5. The third-order valence-electron chi connectivity index (χ3n) is 3.16. The van der Waals surface area contributed by atoms with Crippen LogP contribution in [0.3, 0.4) is 0 Å². The number of urea groups is 1. The van der Waals surface area contributed by atoms with Crippen molar-refractivity contribution in [3.05, 3.63) is 24.5 Å². The standard InChI is InChI=1S/C13H19N3O3/c1-3-19-11-8-10(12(11)18-2)16-13(17)15-9-4-6-14-7-5-9/h4-7,10-12H,3,8H2,1-2H3,(H2,14,15,16,17)/t10-,11+,12-/m0/s1. The summed E-state index contributed by atoms with van der Waals surface area (Å²) in [4.78, 5) is 15.7. The molecule has 2 amide bonds. The van der Waals surface area contributed by atoms with Crippen LogP contribution in [0.2, 0.25) is 0 Å². The first-order valence-corrected chi connectivity index (χ1v) is 6.36. The maximum atomic E-state index is 11.8. The molecule has 0 saturated heterocycles. The first-order valence-electron chi connectivity index (χ1n) is 6.36. The second-order valence-electron chi connectivity index (χ2n) is 4.37. The zero-order valence-electron chi connectivity index (χ0n) is 11.1. The number of anilines is 1. The molecule has 1 aromatic heterocycles. The lowest BCUT2D eigenvalue weighted by Crippen LogP contribution is -2.61. The molecule has 1 aromatic rings. The molecule has 0 aliphatic heterocycles. The SMILES string of the molecule is CCO[C@@H]1C[C@H](NC(=O)Nc2ccncc2)[C@@H]1OC. The number of rotatable bonds is 5. The summed E-state index contributed by atoms with van der Waals surface area (Å²) >= 11 is 0. The molecule has 6 nitrogen and oxygen atoms in total. The molecule has 1 fully saturated rings. The molecule has 6 heteroatoms. The van der Waals surface area contributed by atoms with Crippen molar-refractivity contribution in [3.8, 4) is 0 Å². The van der Waals surface area contributed by atoms with Crippen molar-refractivity contribution >= 4 is 11.7 Å². The molecule has 1 heterocycles. The molecule has 2 rings (SSSR count). The van der Waals surface area contributed by atoms with Crippen molar-refractivity contribution in [2.45, 2.75) is 31.6 Å². The summed E-state index contributed by atoms with van der Waals surface area (Å²) in [6, 6.07) is 3.21. The van der Waals surface area contributed by atoms with Gasteiger partial charge in [0.25, 0.3) is 0 Å². The van der Waals surface area contributed by atoms with Crippen molar-refractivity contribution in [3.63, 3.8) is 0 Å². The van der Waals surface area contributed by atoms with Gasteiger partial charge in [-0.15, -0.1) is 0 Å². The predicted octanol–water partition coefficient (Wildman–Crippen LogP) is 1.40. The molecule has 1 saturated carbocycles. The van der Waals surface area contributed by atoms with Crippen LogP contribution < -0.4 is 10.6 Å². The minimum absolute atomic E-state index is 0.0108. The third-order valence-corrected chi connectivity index (χ3v) is 3.16. The Kier molecular flexibility index (Phi) is 4.70. The summed E-state index contributed by atoms with van der Waals surface area (Å²) in [5.74, 6) is 0. The monoisotopic (exact) mass is 265 g/mol. The number of ether oxygens (including phenoxy) is 2. The molecule has 0 unspecified atom stereocenters. The lowest BCUT2D eigenvalue weighted by atomic mass is 9.85. The van der Waals surface area contributed by atoms with Crippen LogP contribution in [0, 0.1) is 0 Å². The van der Waals surface area contributed by atoms with Crippen molar-refractivity contribution in [2.75, 3.05) is 19.0 Å². The molecule has 1 aliphatic rings. The predicted molar refractivity (Wildman–Crippen MR) is 71.0 cm³/mol. The molecule has 19 heavy (non-hydrogen) atoms. The van der Waals surface area contributed by atoms with Crippen LogP contribution >= 0.6 is 0 Å². The topological polar surface area (TPSA) is 72.5 Å². The van der Waals surface area contributed by atoms with Gasteiger partial charge >= 0.3 is 6.03 Å². The highest BCUT2D eigenvalue weighted by Gasteiger charge is 2.42. The Morgan fingerprint density at radius 1 is 1.47 bits per heavy atom. The average Bonchev–Trinajstić information content (AvgIpc) is 2.39. The van der Waals surface area contributed by atoms with Gasteiger partial charge in [0.05, 0.1) is 12.1 Å². The molecular formula is C13H19N3O3. The highest BCUT2D eigenvalue weighted by molar-refractivity contribution is 5.89. The maximum absolute atomic E-state index is 11.8. The fraction of sp³-hybridized carbons (Fsp3) is 0.538. The number of pyridine rings is 1. The van der Waals surface area contributed by atoms with Crippen LogP contribution in [-0.2, 0) is 9.47 Å². The van der Waals surface area contributed by atoms with E-state index in [0.29, 0.717) is 12.3 Å². The summed E-state index contributed by atoms with van der Waals surface area (Å²) in [5.41, 5.74) is 0.710. The van der Waals surface area contributed by atoms with E-state index in [1.807, 2.05) is 6.92 Å². The van der Waals surface area contributed by atoms with Gasteiger partial charge in [0.1, 0.15) is 6.10 Å². The van der Waals surface area contributed by atoms with E-state index < -0.39 is 0 Å². The lowest BCUT2D eigenvalue weighted by Gasteiger charge is -2.43. The van der Waals surface area contributed by atoms with E-state index in [9.17, 15) is 4.79 Å². The summed E-state index contributed by atoms with van der Waals surface area (Å²) in [6.45, 7) is 2.60. The minimum atomic E-state index is -0.242. The Bertz CT molecular complexity index is 413. The minimum Gasteiger partial charge on any atom is -0.377 e. The maximum Gasteiger partial charge on any atom is 0.319 e. The molecule has 0 spiro atoms. The molecule has 3 atom stereocenters. The molecule has 0 aromatic carbocycles. The second-order valence-corrected chi connectivity index (χ2v) is 4.37. The van der Waals surface area contributed by atoms with Gasteiger partial charge in [-0.05, 0) is 25.5 Å². The van der Waals surface area contributed by atoms with Crippen molar-refractivity contribution in [1.82, 2.24) is 10.3 Å². The van der Waals surface area contributed by atoms with E-state index in [1.54, 1.807) is 31.6 Å². The van der Waals surface area contributed by atoms with Gasteiger partial charge in [-0.25, -0.2) is 4.79 Å². The second kappa shape index (κ2) is 6.49. The van der Waals surface area contributed by atoms with Gasteiger partial charge in [-0.1, -0.05) is 0 Å². The van der Waals surface area contributed by atoms with Crippen LogP contribution in [-0.4, -0.2) is 43.0 Å². The van der Waals surface area contributed by atoms with E-state index in [4.69, 9.17) is 9.47 Å². The van der Waals surface area contributed by atoms with Gasteiger partial charge < -0.3 is 20.1 Å². The zero-order valence-corrected chi connectivity index (χ0v) is 11.1. The van der Waals surface area contributed by atoms with E-state index in [-0.39, 0.29) is 24.3 Å². The van der Waals surface area contributed by atoms with Crippen LogP contribution in [0.15, 0.2) is 24.5 Å². The van der Waals surface area contributed by atoms with Gasteiger partial charge in [0, 0.05) is 31.8 Å². The summed E-state index contributed by atoms with van der Waals surface area (Å²) < 4.78 is 10.8. The third kappa shape index (κ3) is 3.42. The fourth-order valence-electron chi connectivity index (χ4n) is 2.19. The van der Waals surface area contributed by atoms with Crippen LogP contribution in [0.1, 0.15) is 13.3 Å². The Balaban J connectivity index is 1.80. The van der Waals surface area contributed by atoms with Crippen molar-refractivity contribution in [2.24, 2.45) is 0 Å². The van der Waals surface area contributed by atoms with E-state index >= 15 is 0 Å². The summed E-state index contributed by atoms with van der Waals surface area (Å²) in [5, 5.41) is 5.62. The largest absolute Gasteiger partial charge is 0.377 e. The van der Waals surface area contributed by atoms with Gasteiger partial charge in [0.15, 0.2) is 0 Å². The smallest absolute Gasteiger partial charge is 0.319 e. The first-order chi connectivity index (χ1) is 9.24. The van der Waals surface area contributed by atoms with Crippen LogP contribution in [0.25, 0.3) is 0 Å². The number of nitrogens with zero attached hydrogens (tertiary/aromatic N) is 1. The fourth-order valence-corrected chi connectivity index (χ4v) is 2.19. The normalized spacial score (nSPS) is 25.5. The highest BCUT2D eigenvalue weighted by Crippen LogP contribution is 2.26.